The maximum absolute atomic E-state index is 12.5. The Bertz CT molecular complexity index is 1310. The number of nitrogens with zero attached hydrogens (tertiary/aromatic N) is 4. The largest absolute Gasteiger partial charge is 0.272 e. The van der Waals surface area contributed by atoms with Gasteiger partial charge >= 0.3 is 0 Å². The molecule has 1 aromatic heterocycles. The van der Waals surface area contributed by atoms with Crippen LogP contribution in [0.1, 0.15) is 23.6 Å². The van der Waals surface area contributed by atoms with Gasteiger partial charge in [-0.25, -0.2) is 5.43 Å². The summed E-state index contributed by atoms with van der Waals surface area (Å²) in [5.74, 6) is 0.683. The van der Waals surface area contributed by atoms with E-state index in [4.69, 9.17) is 0 Å². The molecule has 0 bridgehead atoms. The van der Waals surface area contributed by atoms with Gasteiger partial charge in [0.05, 0.1) is 11.5 Å². The average Bonchev–Trinajstić information content (AvgIpc) is 3.26. The molecule has 0 fully saturated rings. The monoisotopic (exact) mass is 533 g/mol. The third-order valence-electron chi connectivity index (χ3n) is 5.18. The Hall–Kier alpha value is -3.23. The van der Waals surface area contributed by atoms with Crippen LogP contribution in [0.5, 0.6) is 0 Å². The Morgan fingerprint density at radius 3 is 2.21 bits per heavy atom. The summed E-state index contributed by atoms with van der Waals surface area (Å²) in [6.07, 6.45) is 0. The van der Waals surface area contributed by atoms with Crippen LogP contribution < -0.4 is 5.43 Å². The normalized spacial score (nSPS) is 11.5. The predicted molar refractivity (Wildman–Crippen MR) is 141 cm³/mol. The van der Waals surface area contributed by atoms with E-state index >= 15 is 0 Å². The van der Waals surface area contributed by atoms with Crippen LogP contribution in [0.25, 0.3) is 17.1 Å². The van der Waals surface area contributed by atoms with E-state index in [1.165, 1.54) is 22.9 Å². The van der Waals surface area contributed by atoms with Crippen LogP contribution in [0.15, 0.2) is 87.5 Å². The number of thioether (sulfide) groups is 1. The molecule has 4 rings (SSSR count). The zero-order chi connectivity index (χ0) is 24.1. The number of aryl methyl sites for hydroxylation is 2. The zero-order valence-corrected chi connectivity index (χ0v) is 21.5. The van der Waals surface area contributed by atoms with Crippen LogP contribution >= 0.6 is 27.7 Å². The molecule has 0 saturated carbocycles. The van der Waals surface area contributed by atoms with Crippen molar-refractivity contribution in [2.24, 2.45) is 5.10 Å². The van der Waals surface area contributed by atoms with E-state index in [0.717, 1.165) is 32.8 Å². The van der Waals surface area contributed by atoms with Crippen molar-refractivity contribution >= 4 is 39.3 Å². The van der Waals surface area contributed by atoms with Gasteiger partial charge in [-0.15, -0.1) is 10.2 Å². The minimum absolute atomic E-state index is 0.162. The first-order chi connectivity index (χ1) is 16.4. The van der Waals surface area contributed by atoms with Crippen LogP contribution in [0.2, 0.25) is 0 Å². The Morgan fingerprint density at radius 1 is 0.941 bits per heavy atom. The molecular formula is C26H24BrN5OS. The van der Waals surface area contributed by atoms with Gasteiger partial charge in [-0.3, -0.25) is 9.36 Å². The van der Waals surface area contributed by atoms with Crippen molar-refractivity contribution in [3.63, 3.8) is 0 Å². The van der Waals surface area contributed by atoms with E-state index in [0.29, 0.717) is 5.16 Å². The number of hydrogen-bond acceptors (Lipinski definition) is 5. The molecule has 0 aliphatic rings. The fourth-order valence-electron chi connectivity index (χ4n) is 3.24. The molecule has 1 N–H and O–H groups in total. The smallest absolute Gasteiger partial charge is 0.250 e. The van der Waals surface area contributed by atoms with Crippen LogP contribution in [0.4, 0.5) is 0 Å². The Morgan fingerprint density at radius 2 is 1.56 bits per heavy atom. The first kappa shape index (κ1) is 23.9. The number of aromatic nitrogens is 3. The number of amides is 1. The van der Waals surface area contributed by atoms with E-state index in [9.17, 15) is 4.79 Å². The SMILES string of the molecule is C/C(=N/NC(=O)CSc1nnc(-c2ccc(C)cc2)n1-c1ccc(C)cc1)c1ccc(Br)cc1. The van der Waals surface area contributed by atoms with E-state index in [-0.39, 0.29) is 11.7 Å². The second-order valence-corrected chi connectivity index (χ2v) is 9.73. The van der Waals surface area contributed by atoms with Crippen molar-refractivity contribution in [3.8, 4) is 17.1 Å². The third kappa shape index (κ3) is 5.81. The van der Waals surface area contributed by atoms with Gasteiger partial charge in [-0.1, -0.05) is 87.3 Å². The molecule has 0 aliphatic heterocycles. The maximum Gasteiger partial charge on any atom is 0.250 e. The molecule has 4 aromatic rings. The summed E-state index contributed by atoms with van der Waals surface area (Å²) in [6, 6.07) is 24.1. The molecule has 0 spiro atoms. The molecule has 0 saturated heterocycles. The Balaban J connectivity index is 1.52. The molecule has 172 valence electrons. The predicted octanol–water partition coefficient (Wildman–Crippen LogP) is 5.95. The fourth-order valence-corrected chi connectivity index (χ4v) is 4.25. The lowest BCUT2D eigenvalue weighted by Gasteiger charge is -2.11. The average molecular weight is 534 g/mol. The number of halogens is 1. The minimum Gasteiger partial charge on any atom is -0.272 e. The van der Waals surface area contributed by atoms with Gasteiger partial charge in [0.25, 0.3) is 5.91 Å². The lowest BCUT2D eigenvalue weighted by molar-refractivity contribution is -0.118. The van der Waals surface area contributed by atoms with E-state index in [1.807, 2.05) is 66.9 Å². The summed E-state index contributed by atoms with van der Waals surface area (Å²) in [5.41, 5.74) is 8.56. The molecule has 0 radical (unpaired) electrons. The van der Waals surface area contributed by atoms with Gasteiger partial charge in [-0.2, -0.15) is 5.10 Å². The highest BCUT2D eigenvalue weighted by atomic mass is 79.9. The van der Waals surface area contributed by atoms with Crippen molar-refractivity contribution in [1.29, 1.82) is 0 Å². The van der Waals surface area contributed by atoms with Crippen LogP contribution in [0, 0.1) is 13.8 Å². The summed E-state index contributed by atoms with van der Waals surface area (Å²) in [5, 5.41) is 13.7. The topological polar surface area (TPSA) is 72.2 Å². The van der Waals surface area contributed by atoms with Crippen LogP contribution in [-0.4, -0.2) is 32.1 Å². The standard InChI is InChI=1S/C26H24BrN5OS/c1-17-4-8-21(9-5-17)25-30-31-26(32(25)23-14-6-18(2)7-15-23)34-16-24(33)29-28-19(3)20-10-12-22(27)13-11-20/h4-15H,16H2,1-3H3,(H,29,33)/b28-19-. The number of nitrogens with one attached hydrogen (secondary N) is 1. The molecule has 0 unspecified atom stereocenters. The van der Waals surface area contributed by atoms with E-state index in [2.05, 4.69) is 67.8 Å². The minimum atomic E-state index is -0.211. The number of benzene rings is 3. The number of hydrazone groups is 1. The summed E-state index contributed by atoms with van der Waals surface area (Å²) in [7, 11) is 0. The molecule has 8 heteroatoms. The molecule has 1 amide bonds. The first-order valence-corrected chi connectivity index (χ1v) is 12.5. The Kier molecular flexibility index (Phi) is 7.59. The summed E-state index contributed by atoms with van der Waals surface area (Å²) in [6.45, 7) is 5.96. The quantitative estimate of drug-likeness (QED) is 0.181. The maximum atomic E-state index is 12.5. The van der Waals surface area contributed by atoms with Crippen LogP contribution in [0.3, 0.4) is 0 Å². The molecule has 6 nitrogen and oxygen atoms in total. The zero-order valence-electron chi connectivity index (χ0n) is 19.1. The second-order valence-electron chi connectivity index (χ2n) is 7.87. The van der Waals surface area contributed by atoms with Gasteiger partial charge in [0, 0.05) is 15.7 Å². The third-order valence-corrected chi connectivity index (χ3v) is 6.64. The lowest BCUT2D eigenvalue weighted by atomic mass is 10.1. The molecule has 0 atom stereocenters. The van der Waals surface area contributed by atoms with Gasteiger partial charge in [0.2, 0.25) is 0 Å². The van der Waals surface area contributed by atoms with Crippen molar-refractivity contribution < 1.29 is 4.79 Å². The summed E-state index contributed by atoms with van der Waals surface area (Å²) < 4.78 is 2.98. The van der Waals surface area contributed by atoms with E-state index in [1.54, 1.807) is 0 Å². The second kappa shape index (κ2) is 10.8. The fraction of sp³-hybridized carbons (Fsp3) is 0.154. The van der Waals surface area contributed by atoms with E-state index < -0.39 is 0 Å². The number of carbonyl (C=O) groups is 1. The highest BCUT2D eigenvalue weighted by Gasteiger charge is 2.17. The van der Waals surface area contributed by atoms with Gasteiger partial charge in [0.15, 0.2) is 11.0 Å². The molecule has 3 aromatic carbocycles. The molecule has 1 heterocycles. The molecular weight excluding hydrogens is 510 g/mol. The molecule has 0 aliphatic carbocycles. The van der Waals surface area contributed by atoms with Gasteiger partial charge in [0.1, 0.15) is 0 Å². The van der Waals surface area contributed by atoms with Crippen molar-refractivity contribution in [1.82, 2.24) is 20.2 Å². The van der Waals surface area contributed by atoms with Crippen molar-refractivity contribution in [2.45, 2.75) is 25.9 Å². The number of rotatable bonds is 7. The lowest BCUT2D eigenvalue weighted by Crippen LogP contribution is -2.21. The highest BCUT2D eigenvalue weighted by molar-refractivity contribution is 9.10. The van der Waals surface area contributed by atoms with Gasteiger partial charge in [-0.05, 0) is 50.6 Å². The Labute approximate surface area is 211 Å². The van der Waals surface area contributed by atoms with Crippen LogP contribution in [-0.2, 0) is 4.79 Å². The molecule has 34 heavy (non-hydrogen) atoms. The van der Waals surface area contributed by atoms with Crippen molar-refractivity contribution in [2.75, 3.05) is 5.75 Å². The number of carbonyl (C=O) groups excluding carboxylic acids is 1. The summed E-state index contributed by atoms with van der Waals surface area (Å²) in [4.78, 5) is 12.5. The highest BCUT2D eigenvalue weighted by Crippen LogP contribution is 2.28. The van der Waals surface area contributed by atoms with Crippen molar-refractivity contribution in [3.05, 3.63) is 94.0 Å². The number of hydrogen-bond donors (Lipinski definition) is 1. The summed E-state index contributed by atoms with van der Waals surface area (Å²) >= 11 is 4.74. The van der Waals surface area contributed by atoms with Gasteiger partial charge < -0.3 is 0 Å². The first-order valence-electron chi connectivity index (χ1n) is 10.7.